The number of hydrogen-bond donors (Lipinski definition) is 3. The summed E-state index contributed by atoms with van der Waals surface area (Å²) < 4.78 is 25.7. The predicted molar refractivity (Wildman–Crippen MR) is 280 cm³/mol. The Balaban J connectivity index is 0.000000183. The molecule has 0 amide bonds. The van der Waals surface area contributed by atoms with Crippen LogP contribution in [0.25, 0.3) is 22.3 Å². The van der Waals surface area contributed by atoms with Crippen molar-refractivity contribution < 1.29 is 29.0 Å². The molecular formula is C58H57ClN8O6. The fourth-order valence-corrected chi connectivity index (χ4v) is 10.4. The van der Waals surface area contributed by atoms with Gasteiger partial charge in [0.2, 0.25) is 17.9 Å². The molecule has 3 heterocycles. The highest BCUT2D eigenvalue weighted by atomic mass is 35.5. The molecule has 3 aliphatic heterocycles. The number of guanidine groups is 1. The van der Waals surface area contributed by atoms with E-state index in [0.29, 0.717) is 29.9 Å². The van der Waals surface area contributed by atoms with Crippen LogP contribution in [-0.2, 0) is 10.6 Å². The van der Waals surface area contributed by atoms with E-state index in [1.165, 1.54) is 12.1 Å². The Labute approximate surface area is 432 Å². The molecule has 5 aliphatic rings. The minimum atomic E-state index is -0.956. The molecule has 1 atom stereocenters. The zero-order valence-electron chi connectivity index (χ0n) is 40.7. The average Bonchev–Trinajstić information content (AvgIpc) is 3.70. The lowest BCUT2D eigenvalue weighted by Gasteiger charge is -2.48. The lowest BCUT2D eigenvalue weighted by Crippen LogP contribution is -2.51. The summed E-state index contributed by atoms with van der Waals surface area (Å²) in [5, 5.41) is 36.8. The van der Waals surface area contributed by atoms with E-state index in [0.717, 1.165) is 113 Å². The van der Waals surface area contributed by atoms with Crippen molar-refractivity contribution in [2.45, 2.75) is 93.3 Å². The van der Waals surface area contributed by atoms with E-state index in [9.17, 15) is 15.8 Å². The molecule has 4 N–H and O–H groups in total. The largest absolute Gasteiger partial charge is 0.490 e. The molecule has 2 saturated carbocycles. The number of para-hydroxylation sites is 2. The van der Waals surface area contributed by atoms with E-state index in [4.69, 9.17) is 39.7 Å². The molecule has 2 aliphatic carbocycles. The number of benzene rings is 6. The summed E-state index contributed by atoms with van der Waals surface area (Å²) in [6.45, 7) is 0. The van der Waals surface area contributed by atoms with E-state index in [1.54, 1.807) is 24.7 Å². The van der Waals surface area contributed by atoms with Gasteiger partial charge in [-0.25, -0.2) is 20.4 Å². The third-order valence-corrected chi connectivity index (χ3v) is 13.9. The summed E-state index contributed by atoms with van der Waals surface area (Å²) in [5.74, 6) is 3.66. The first-order valence-electron chi connectivity index (χ1n) is 24.2. The van der Waals surface area contributed by atoms with Gasteiger partial charge in [0, 0.05) is 32.5 Å². The summed E-state index contributed by atoms with van der Waals surface area (Å²) >= 11 is 0. The summed E-state index contributed by atoms with van der Waals surface area (Å²) in [4.78, 5) is 15.4. The minimum Gasteiger partial charge on any atom is -0.490 e. The van der Waals surface area contributed by atoms with Gasteiger partial charge in [0.05, 0.1) is 46.7 Å². The molecule has 0 saturated heterocycles. The van der Waals surface area contributed by atoms with E-state index >= 15 is 0 Å². The van der Waals surface area contributed by atoms with Crippen molar-refractivity contribution in [2.75, 3.05) is 14.1 Å². The Morgan fingerprint density at radius 3 is 1.67 bits per heavy atom. The van der Waals surface area contributed by atoms with Crippen LogP contribution in [0.1, 0.15) is 86.5 Å². The lowest BCUT2D eigenvalue weighted by atomic mass is 9.74. The lowest BCUT2D eigenvalue weighted by molar-refractivity contribution is -0.209. The summed E-state index contributed by atoms with van der Waals surface area (Å²) in [6, 6.07) is 51.4. The number of rotatable bonds is 6. The van der Waals surface area contributed by atoms with Crippen molar-refractivity contribution in [2.24, 2.45) is 15.7 Å². The Hall–Kier alpha value is -7.90. The molecule has 15 heteroatoms. The van der Waals surface area contributed by atoms with Crippen LogP contribution >= 0.6 is 12.4 Å². The Kier molecular flexibility index (Phi) is 16.0. The van der Waals surface area contributed by atoms with Gasteiger partial charge < -0.3 is 29.9 Å². The number of halogens is 1. The predicted octanol–water partition coefficient (Wildman–Crippen LogP) is 11.2. The third-order valence-electron chi connectivity index (χ3n) is 13.9. The average molecular weight is 998 g/mol. The fourth-order valence-electron chi connectivity index (χ4n) is 10.4. The number of fused-ring (bicyclic) bond motifs is 3. The number of nitrogens with two attached hydrogens (primary N) is 1. The van der Waals surface area contributed by atoms with E-state index in [2.05, 4.69) is 23.2 Å². The molecule has 14 nitrogen and oxygen atoms in total. The maximum absolute atomic E-state index is 9.36. The maximum Gasteiger partial charge on any atom is 0.222 e. The molecule has 0 radical (unpaired) electrons. The first-order chi connectivity index (χ1) is 35.1. The summed E-state index contributed by atoms with van der Waals surface area (Å²) in [7, 11) is 3.21. The molecule has 6 aromatic rings. The first-order valence-corrected chi connectivity index (χ1v) is 24.2. The van der Waals surface area contributed by atoms with Gasteiger partial charge in [-0.05, 0) is 146 Å². The molecule has 0 bridgehead atoms. The van der Waals surface area contributed by atoms with Gasteiger partial charge in [-0.1, -0.05) is 72.8 Å². The highest BCUT2D eigenvalue weighted by Crippen LogP contribution is 2.54. The van der Waals surface area contributed by atoms with E-state index < -0.39 is 11.3 Å². The second-order valence-corrected chi connectivity index (χ2v) is 18.7. The second-order valence-electron chi connectivity index (χ2n) is 18.7. The van der Waals surface area contributed by atoms with Crippen molar-refractivity contribution in [3.8, 4) is 63.6 Å². The van der Waals surface area contributed by atoms with Crippen molar-refractivity contribution in [1.29, 1.82) is 15.8 Å². The van der Waals surface area contributed by atoms with E-state index in [-0.39, 0.29) is 30.2 Å². The highest BCUT2D eigenvalue weighted by molar-refractivity contribution is 6.06. The van der Waals surface area contributed by atoms with Crippen LogP contribution in [0.2, 0.25) is 0 Å². The molecule has 0 aromatic heterocycles. The molecule has 372 valence electrons. The Morgan fingerprint density at radius 1 is 0.671 bits per heavy atom. The van der Waals surface area contributed by atoms with Crippen molar-refractivity contribution in [3.63, 3.8) is 0 Å². The van der Waals surface area contributed by atoms with Gasteiger partial charge in [-0.15, -0.1) is 12.4 Å². The number of nitrogens with zero attached hydrogens (tertiary/aromatic N) is 6. The zero-order valence-corrected chi connectivity index (χ0v) is 41.6. The van der Waals surface area contributed by atoms with Gasteiger partial charge in [-0.3, -0.25) is 0 Å². The van der Waals surface area contributed by atoms with Crippen LogP contribution in [0, 0.1) is 34.1 Å². The third kappa shape index (κ3) is 11.6. The van der Waals surface area contributed by atoms with Crippen LogP contribution in [-0.4, -0.2) is 59.4 Å². The number of ether oxygens (including phenoxy) is 4. The topological polar surface area (TPSA) is 204 Å². The standard InChI is InChI=1S/C29H28N4O3.C28H23N3O2.CH5NO.ClH/c1-33-27(31)32-29(36-33)19-28(14-12-24(13-15-28)34-23-8-3-2-4-9-23)35-26-11-10-22(17-25(26)29)21-7-5-6-20(16-21)18-30;29-18-20-5-4-6-21(15-20)22-9-10-27-25(16-22)26(31-19-30)17-28(33-27)13-11-24(12-14-28)32-23-7-2-1-3-8-23;1-2-3;/h2-11,16-17,24H,12-15,19H2,1H3,(H2,31,32);1-10,15-16,24H,11-14,17H2;2-3H,1H3;1H. The van der Waals surface area contributed by atoms with Gasteiger partial charge in [0.25, 0.3) is 0 Å². The smallest absolute Gasteiger partial charge is 0.222 e. The number of hydroxylamine groups is 3. The minimum absolute atomic E-state index is 0. The molecule has 2 fully saturated rings. The van der Waals surface area contributed by atoms with Crippen LogP contribution in [0.3, 0.4) is 0 Å². The van der Waals surface area contributed by atoms with E-state index in [1.807, 2.05) is 134 Å². The van der Waals surface area contributed by atoms with Crippen LogP contribution in [0.15, 0.2) is 156 Å². The van der Waals surface area contributed by atoms with Gasteiger partial charge in [0.1, 0.15) is 34.2 Å². The van der Waals surface area contributed by atoms with Crippen molar-refractivity contribution in [1.82, 2.24) is 10.5 Å². The van der Waals surface area contributed by atoms with Gasteiger partial charge >= 0.3 is 0 Å². The number of hydrogen-bond acceptors (Lipinski definition) is 14. The number of aliphatic imine (C=N–C) groups is 2. The normalized spacial score (nSPS) is 23.6. The SMILES string of the molecule is CN1OC2(CC3(CCC(Oc4ccccc4)CC3)Oc3ccc(-c4cccc(C#N)c4)cc32)N=C1N.CNO.Cl.N#CN=C1CC2(CCC(Oc3ccccc3)CC2)Oc2ccc(-c3cccc(C#N)c3)cc21. The first kappa shape index (κ1) is 51.5. The molecule has 3 spiro atoms. The van der Waals surface area contributed by atoms with Gasteiger partial charge in [-0.2, -0.15) is 20.8 Å². The molecule has 73 heavy (non-hydrogen) atoms. The van der Waals surface area contributed by atoms with Crippen molar-refractivity contribution in [3.05, 3.63) is 168 Å². The molecule has 1 unspecified atom stereocenters. The number of nitrogens with one attached hydrogen (secondary N) is 1. The zero-order chi connectivity index (χ0) is 50.1. The van der Waals surface area contributed by atoms with Crippen LogP contribution < -0.4 is 30.2 Å². The monoisotopic (exact) mass is 996 g/mol. The molecular weight excluding hydrogens is 940 g/mol. The fraction of sp³-hybridized carbons (Fsp3) is 0.293. The molecule has 11 rings (SSSR count). The van der Waals surface area contributed by atoms with Crippen LogP contribution in [0.5, 0.6) is 23.0 Å². The van der Waals surface area contributed by atoms with Gasteiger partial charge in [0.15, 0.2) is 0 Å². The van der Waals surface area contributed by atoms with Crippen molar-refractivity contribution >= 4 is 24.1 Å². The Bertz CT molecular complexity index is 3080. The summed E-state index contributed by atoms with van der Waals surface area (Å²) in [5.41, 5.74) is 13.8. The summed E-state index contributed by atoms with van der Waals surface area (Å²) in [6.07, 6.45) is 10.4. The molecule has 6 aromatic carbocycles. The quantitative estimate of drug-likeness (QED) is 0.105. The number of nitriles is 3. The maximum atomic E-state index is 9.36. The van der Waals surface area contributed by atoms with Crippen LogP contribution in [0.4, 0.5) is 0 Å². The Morgan fingerprint density at radius 2 is 1.16 bits per heavy atom. The second kappa shape index (κ2) is 22.7. The highest BCUT2D eigenvalue weighted by Gasteiger charge is 2.55.